The van der Waals surface area contributed by atoms with Crippen molar-refractivity contribution < 1.29 is 49.1 Å². The molecule has 9 rings (SSSR count). The van der Waals surface area contributed by atoms with Crippen LogP contribution in [0.5, 0.6) is 11.5 Å². The number of hydrogen-bond acceptors (Lipinski definition) is 7. The fourth-order valence-electron chi connectivity index (χ4n) is 10.8. The Balaban J connectivity index is 0.000000186. The van der Waals surface area contributed by atoms with E-state index in [2.05, 4.69) is 13.8 Å². The first kappa shape index (κ1) is 49.3. The van der Waals surface area contributed by atoms with Crippen LogP contribution in [0.15, 0.2) is 102 Å². The lowest BCUT2D eigenvalue weighted by Crippen LogP contribution is -2.55. The molecule has 4 heterocycles. The molecule has 6 atom stereocenters. The first-order valence-electron chi connectivity index (χ1n) is 23.0. The molecule has 2 saturated heterocycles. The summed E-state index contributed by atoms with van der Waals surface area (Å²) in [4.78, 5) is 0.0761. The number of halogens is 6. The predicted molar refractivity (Wildman–Crippen MR) is 251 cm³/mol. The summed E-state index contributed by atoms with van der Waals surface area (Å²) in [5, 5.41) is 1.25. The Morgan fingerprint density at radius 2 is 1.09 bits per heavy atom. The summed E-state index contributed by atoms with van der Waals surface area (Å²) in [5.41, 5.74) is 2.13. The standard InChI is InChI=1S/C28H27ClF2O5S.C25H29ClF2O2/c1-18-2-8-21(9-3-18)37(32,33)36-14-12-25-22-17-35-27-24(31)11-10-23(30)26(27)28(22,13-15-34-25)16-19-4-6-20(29)7-5-19;1-16(2)4-3-5-22-19-15-30-24-21(28)11-10-20(27)23(24)25(19,12-13-29-22)14-17-6-8-18(26)9-7-17/h2-11,22,25H,12-17H2,1H3;6-11,16,19,22H,3-5,12-15H2,1-2H3/t22-,25-,28-;19-,22-,25-/m11/s1. The van der Waals surface area contributed by atoms with E-state index in [1.54, 1.807) is 24.3 Å². The molecule has 0 amide bonds. The van der Waals surface area contributed by atoms with Crippen LogP contribution in [0.2, 0.25) is 10.0 Å². The molecule has 0 saturated carbocycles. The highest BCUT2D eigenvalue weighted by Crippen LogP contribution is 2.54. The Morgan fingerprint density at radius 3 is 1.55 bits per heavy atom. The lowest BCUT2D eigenvalue weighted by atomic mass is 9.60. The maximum Gasteiger partial charge on any atom is 0.296 e. The van der Waals surface area contributed by atoms with E-state index in [0.29, 0.717) is 67.0 Å². The molecule has 358 valence electrons. The summed E-state index contributed by atoms with van der Waals surface area (Å²) in [7, 11) is -3.94. The summed E-state index contributed by atoms with van der Waals surface area (Å²) in [6.45, 7) is 7.46. The molecule has 0 radical (unpaired) electrons. The van der Waals surface area contributed by atoms with Crippen molar-refractivity contribution in [2.45, 2.75) is 100 Å². The Kier molecular flexibility index (Phi) is 15.3. The lowest BCUT2D eigenvalue weighted by molar-refractivity contribution is -0.102. The third-order valence-corrected chi connectivity index (χ3v) is 15.9. The molecule has 0 bridgehead atoms. The van der Waals surface area contributed by atoms with Crippen molar-refractivity contribution in [2.24, 2.45) is 17.8 Å². The van der Waals surface area contributed by atoms with Crippen molar-refractivity contribution in [3.63, 3.8) is 0 Å². The first-order valence-corrected chi connectivity index (χ1v) is 25.2. The molecular formula is C53H56Cl2F4O7S. The maximum atomic E-state index is 15.4. The molecule has 5 aromatic carbocycles. The highest BCUT2D eigenvalue weighted by Gasteiger charge is 2.55. The van der Waals surface area contributed by atoms with Gasteiger partial charge < -0.3 is 18.9 Å². The van der Waals surface area contributed by atoms with Gasteiger partial charge in [-0.1, -0.05) is 91.9 Å². The number of fused-ring (bicyclic) bond motifs is 6. The molecule has 2 fully saturated rings. The Morgan fingerprint density at radius 1 is 0.642 bits per heavy atom. The molecule has 4 aliphatic rings. The number of ether oxygens (including phenoxy) is 4. The van der Waals surface area contributed by atoms with Gasteiger partial charge in [-0.2, -0.15) is 8.42 Å². The van der Waals surface area contributed by atoms with Gasteiger partial charge in [0, 0.05) is 57.1 Å². The average molecular weight is 984 g/mol. The highest BCUT2D eigenvalue weighted by atomic mass is 35.5. The Hall–Kier alpha value is -4.17. The summed E-state index contributed by atoms with van der Waals surface area (Å²) in [6, 6.07) is 26.0. The fourth-order valence-corrected chi connectivity index (χ4v) is 11.9. The number of aryl methyl sites for hydroxylation is 1. The first-order chi connectivity index (χ1) is 32.1. The van der Waals surface area contributed by atoms with Crippen molar-refractivity contribution >= 4 is 33.3 Å². The molecule has 0 spiro atoms. The Bertz CT molecular complexity index is 2620. The van der Waals surface area contributed by atoms with Crippen molar-refractivity contribution in [2.75, 3.05) is 33.0 Å². The van der Waals surface area contributed by atoms with Gasteiger partial charge in [-0.05, 0) is 123 Å². The number of rotatable bonds is 13. The second kappa shape index (κ2) is 20.8. The van der Waals surface area contributed by atoms with Crippen LogP contribution >= 0.6 is 23.2 Å². The second-order valence-corrected chi connectivity index (χ2v) is 21.2. The van der Waals surface area contributed by atoms with Gasteiger partial charge in [-0.25, -0.2) is 17.6 Å². The van der Waals surface area contributed by atoms with E-state index in [0.717, 1.165) is 54.2 Å². The van der Waals surface area contributed by atoms with Gasteiger partial charge in [0.1, 0.15) is 11.6 Å². The average Bonchev–Trinajstić information content (AvgIpc) is 3.30. The summed E-state index contributed by atoms with van der Waals surface area (Å²) < 4.78 is 114. The summed E-state index contributed by atoms with van der Waals surface area (Å²) >= 11 is 12.1. The van der Waals surface area contributed by atoms with Crippen LogP contribution in [0.3, 0.4) is 0 Å². The minimum atomic E-state index is -3.94. The van der Waals surface area contributed by atoms with Gasteiger partial charge in [0.15, 0.2) is 23.1 Å². The Labute approximate surface area is 401 Å². The maximum absolute atomic E-state index is 15.4. The molecule has 5 aromatic rings. The van der Waals surface area contributed by atoms with Gasteiger partial charge in [-0.15, -0.1) is 0 Å². The van der Waals surface area contributed by atoms with E-state index in [1.165, 1.54) is 18.2 Å². The van der Waals surface area contributed by atoms with Crippen LogP contribution in [-0.2, 0) is 47.4 Å². The largest absolute Gasteiger partial charge is 0.490 e. The quantitative estimate of drug-likeness (QED) is 0.0859. The van der Waals surface area contributed by atoms with E-state index < -0.39 is 50.3 Å². The van der Waals surface area contributed by atoms with Crippen LogP contribution in [0.1, 0.15) is 80.2 Å². The smallest absolute Gasteiger partial charge is 0.296 e. The van der Waals surface area contributed by atoms with Crippen LogP contribution in [0, 0.1) is 47.9 Å². The lowest BCUT2D eigenvalue weighted by Gasteiger charge is -2.51. The predicted octanol–water partition coefficient (Wildman–Crippen LogP) is 12.7. The van der Waals surface area contributed by atoms with Crippen LogP contribution in [0.25, 0.3) is 0 Å². The number of benzene rings is 5. The molecular weight excluding hydrogens is 928 g/mol. The molecule has 67 heavy (non-hydrogen) atoms. The SMILES string of the molecule is CC(C)CCC[C@H]1OCC[C@]2(Cc3ccc(Cl)cc3)c3c(F)ccc(F)c3OC[C@H]12.Cc1ccc(S(=O)(=O)OCC[C@H]2OCC[C@]3(Cc4ccc(Cl)cc4)c4c(F)ccc(F)c4OC[C@H]23)cc1. The molecule has 0 N–H and O–H groups in total. The molecule has 7 nitrogen and oxygen atoms in total. The molecule has 0 unspecified atom stereocenters. The van der Waals surface area contributed by atoms with E-state index in [4.69, 9.17) is 46.3 Å². The van der Waals surface area contributed by atoms with Gasteiger partial charge in [-0.3, -0.25) is 4.18 Å². The molecule has 0 aliphatic carbocycles. The van der Waals surface area contributed by atoms with Crippen molar-refractivity contribution in [1.29, 1.82) is 0 Å². The normalized spacial score (nSPS) is 24.2. The van der Waals surface area contributed by atoms with Crippen molar-refractivity contribution in [3.05, 3.63) is 158 Å². The van der Waals surface area contributed by atoms with Crippen LogP contribution < -0.4 is 9.47 Å². The monoisotopic (exact) mass is 982 g/mol. The van der Waals surface area contributed by atoms with Gasteiger partial charge >= 0.3 is 0 Å². The minimum absolute atomic E-state index is 0.0272. The van der Waals surface area contributed by atoms with Crippen molar-refractivity contribution in [3.8, 4) is 11.5 Å². The zero-order valence-electron chi connectivity index (χ0n) is 37.9. The van der Waals surface area contributed by atoms with Crippen molar-refractivity contribution in [1.82, 2.24) is 0 Å². The summed E-state index contributed by atoms with van der Waals surface area (Å²) in [6.07, 6.45) is 4.93. The van der Waals surface area contributed by atoms with E-state index in [1.807, 2.05) is 43.3 Å². The molecule has 0 aromatic heterocycles. The van der Waals surface area contributed by atoms with Crippen LogP contribution in [-0.4, -0.2) is 53.7 Å². The highest BCUT2D eigenvalue weighted by molar-refractivity contribution is 7.86. The molecule has 4 aliphatic heterocycles. The summed E-state index contributed by atoms with van der Waals surface area (Å²) in [5.74, 6) is -1.79. The van der Waals surface area contributed by atoms with Gasteiger partial charge in [0.25, 0.3) is 10.1 Å². The zero-order chi connectivity index (χ0) is 47.5. The van der Waals surface area contributed by atoms with Gasteiger partial charge in [0.05, 0.1) is 36.9 Å². The van der Waals surface area contributed by atoms with Crippen LogP contribution in [0.4, 0.5) is 17.6 Å². The topological polar surface area (TPSA) is 80.3 Å². The third-order valence-electron chi connectivity index (χ3n) is 14.1. The fraction of sp³-hybridized carbons (Fsp3) is 0.434. The zero-order valence-corrected chi connectivity index (χ0v) is 40.2. The third kappa shape index (κ3) is 10.6. The van der Waals surface area contributed by atoms with Gasteiger partial charge in [0.2, 0.25) is 0 Å². The minimum Gasteiger partial charge on any atom is -0.490 e. The van der Waals surface area contributed by atoms with E-state index >= 15 is 8.78 Å². The molecule has 14 heteroatoms. The van der Waals surface area contributed by atoms with E-state index in [-0.39, 0.29) is 59.5 Å². The second-order valence-electron chi connectivity index (χ2n) is 18.7. The number of hydrogen-bond donors (Lipinski definition) is 0. The van der Waals surface area contributed by atoms with E-state index in [9.17, 15) is 17.2 Å².